The van der Waals surface area contributed by atoms with E-state index in [-0.39, 0.29) is 28.8 Å². The monoisotopic (exact) mass is 321 g/mol. The van der Waals surface area contributed by atoms with Crippen LogP contribution in [0.3, 0.4) is 0 Å². The first-order chi connectivity index (χ1) is 9.71. The summed E-state index contributed by atoms with van der Waals surface area (Å²) in [6, 6.07) is 5.60. The third-order valence-corrected chi connectivity index (χ3v) is 4.02. The molecular formula is C14H18F3NO2S. The molecule has 118 valence electrons. The molecule has 0 fully saturated rings. The summed E-state index contributed by atoms with van der Waals surface area (Å²) >= 11 is -0.308. The normalized spacial score (nSPS) is 14.6. The van der Waals surface area contributed by atoms with Gasteiger partial charge in [0.2, 0.25) is 0 Å². The highest BCUT2D eigenvalue weighted by Crippen LogP contribution is 2.38. The Morgan fingerprint density at radius 2 is 1.95 bits per heavy atom. The Bertz CT molecular complexity index is 493. The molecule has 0 aliphatic carbocycles. The molecule has 3 nitrogen and oxygen atoms in total. The van der Waals surface area contributed by atoms with Crippen molar-refractivity contribution in [3.8, 4) is 0 Å². The minimum atomic E-state index is -4.45. The molecule has 1 rings (SSSR count). The molecule has 0 aliphatic rings. The molecule has 1 unspecified atom stereocenters. The fourth-order valence-corrected chi connectivity index (χ4v) is 2.45. The molecule has 0 bridgehead atoms. The third kappa shape index (κ3) is 5.59. The molecule has 7 heteroatoms. The maximum absolute atomic E-state index is 12.5. The van der Waals surface area contributed by atoms with Crippen LogP contribution in [0.5, 0.6) is 0 Å². The summed E-state index contributed by atoms with van der Waals surface area (Å²) in [5.74, 6) is -0.569. The number of halogens is 3. The van der Waals surface area contributed by atoms with Gasteiger partial charge in [-0.2, -0.15) is 13.2 Å². The van der Waals surface area contributed by atoms with Crippen molar-refractivity contribution < 1.29 is 23.1 Å². The molecule has 1 atom stereocenters. The van der Waals surface area contributed by atoms with Crippen LogP contribution in [0.4, 0.5) is 13.2 Å². The second kappa shape index (κ2) is 7.17. The van der Waals surface area contributed by atoms with E-state index in [0.29, 0.717) is 12.8 Å². The van der Waals surface area contributed by atoms with E-state index in [1.165, 1.54) is 24.3 Å². The Balaban J connectivity index is 2.97. The summed E-state index contributed by atoms with van der Waals surface area (Å²) in [6.07, 6.45) is 0.900. The van der Waals surface area contributed by atoms with Gasteiger partial charge in [0.15, 0.2) is 0 Å². The van der Waals surface area contributed by atoms with Gasteiger partial charge in [-0.15, -0.1) is 0 Å². The zero-order valence-corrected chi connectivity index (χ0v) is 12.6. The predicted molar refractivity (Wildman–Crippen MR) is 76.2 cm³/mol. The van der Waals surface area contributed by atoms with Crippen LogP contribution in [-0.4, -0.2) is 28.7 Å². The quantitative estimate of drug-likeness (QED) is 0.787. The molecule has 1 aromatic rings. The van der Waals surface area contributed by atoms with Gasteiger partial charge in [-0.05, 0) is 43.7 Å². The van der Waals surface area contributed by atoms with Crippen LogP contribution in [-0.2, 0) is 0 Å². The smallest absolute Gasteiger partial charge is 0.396 e. The van der Waals surface area contributed by atoms with Gasteiger partial charge in [0.05, 0.1) is 5.56 Å². The molecule has 0 aliphatic heterocycles. The van der Waals surface area contributed by atoms with Gasteiger partial charge >= 0.3 is 5.51 Å². The summed E-state index contributed by atoms with van der Waals surface area (Å²) < 4.78 is 37.5. The summed E-state index contributed by atoms with van der Waals surface area (Å²) in [5.41, 5.74) is -5.12. The zero-order chi connectivity index (χ0) is 16.1. The number of hydrogen-bond acceptors (Lipinski definition) is 3. The molecule has 2 N–H and O–H groups in total. The average molecular weight is 321 g/mol. The lowest BCUT2D eigenvalue weighted by Gasteiger charge is -2.29. The maximum Gasteiger partial charge on any atom is 0.446 e. The van der Waals surface area contributed by atoms with Crippen LogP contribution in [0.25, 0.3) is 0 Å². The van der Waals surface area contributed by atoms with E-state index in [1.807, 2.05) is 6.92 Å². The zero-order valence-electron chi connectivity index (χ0n) is 11.8. The van der Waals surface area contributed by atoms with E-state index in [0.717, 1.165) is 0 Å². The molecule has 0 saturated heterocycles. The highest BCUT2D eigenvalue weighted by Gasteiger charge is 2.32. The Morgan fingerprint density at radius 3 is 2.48 bits per heavy atom. The highest BCUT2D eigenvalue weighted by atomic mass is 32.2. The van der Waals surface area contributed by atoms with Gasteiger partial charge in [0.1, 0.15) is 0 Å². The van der Waals surface area contributed by atoms with Gasteiger partial charge in [0.25, 0.3) is 5.91 Å². The fraction of sp³-hybridized carbons (Fsp3) is 0.500. The number of benzene rings is 1. The van der Waals surface area contributed by atoms with Crippen molar-refractivity contribution in [1.29, 1.82) is 0 Å². The van der Waals surface area contributed by atoms with E-state index in [2.05, 4.69) is 5.32 Å². The number of rotatable bonds is 6. The fourth-order valence-electron chi connectivity index (χ4n) is 1.78. The standard InChI is InChI=1S/C14H18F3NO2S/c1-3-13(2,8-9-19)18-12(20)10-6-4-5-7-11(10)21-14(15,16)17/h4-7,19H,3,8-9H2,1-2H3,(H,18,20). The largest absolute Gasteiger partial charge is 0.446 e. The van der Waals surface area contributed by atoms with Crippen LogP contribution in [0.1, 0.15) is 37.0 Å². The lowest BCUT2D eigenvalue weighted by molar-refractivity contribution is -0.0328. The number of aliphatic hydroxyl groups excluding tert-OH is 1. The van der Waals surface area contributed by atoms with Gasteiger partial charge in [-0.3, -0.25) is 4.79 Å². The Kier molecular flexibility index (Phi) is 6.10. The molecule has 21 heavy (non-hydrogen) atoms. The van der Waals surface area contributed by atoms with Crippen molar-refractivity contribution >= 4 is 17.7 Å². The minimum absolute atomic E-state index is 0.0163. The summed E-state index contributed by atoms with van der Waals surface area (Å²) in [4.78, 5) is 12.1. The SMILES string of the molecule is CCC(C)(CCO)NC(=O)c1ccccc1SC(F)(F)F. The lowest BCUT2D eigenvalue weighted by Crippen LogP contribution is -2.46. The van der Waals surface area contributed by atoms with E-state index in [1.54, 1.807) is 6.92 Å². The second-order valence-corrected chi connectivity index (χ2v) is 5.99. The third-order valence-electron chi connectivity index (χ3n) is 3.22. The molecular weight excluding hydrogens is 303 g/mol. The molecule has 0 saturated carbocycles. The van der Waals surface area contributed by atoms with Crippen molar-refractivity contribution in [1.82, 2.24) is 5.32 Å². The van der Waals surface area contributed by atoms with Crippen molar-refractivity contribution in [3.05, 3.63) is 29.8 Å². The summed E-state index contributed by atoms with van der Waals surface area (Å²) in [5, 5.41) is 11.7. The highest BCUT2D eigenvalue weighted by molar-refractivity contribution is 8.00. The van der Waals surface area contributed by atoms with Crippen molar-refractivity contribution in [2.45, 2.75) is 42.6 Å². The Hall–Kier alpha value is -1.21. The molecule has 1 aromatic carbocycles. The minimum Gasteiger partial charge on any atom is -0.396 e. The van der Waals surface area contributed by atoms with Crippen LogP contribution < -0.4 is 5.32 Å². The predicted octanol–water partition coefficient (Wildman–Crippen LogP) is 3.58. The van der Waals surface area contributed by atoms with Gasteiger partial charge < -0.3 is 10.4 Å². The number of nitrogens with one attached hydrogen (secondary N) is 1. The van der Waals surface area contributed by atoms with Crippen molar-refractivity contribution in [2.75, 3.05) is 6.61 Å². The molecule has 0 heterocycles. The van der Waals surface area contributed by atoms with Crippen LogP contribution in [0.15, 0.2) is 29.2 Å². The topological polar surface area (TPSA) is 49.3 Å². The van der Waals surface area contributed by atoms with E-state index in [4.69, 9.17) is 5.11 Å². The van der Waals surface area contributed by atoms with E-state index in [9.17, 15) is 18.0 Å². The number of amides is 1. The molecule has 0 aromatic heterocycles. The van der Waals surface area contributed by atoms with Crippen LogP contribution >= 0.6 is 11.8 Å². The number of aliphatic hydroxyl groups is 1. The number of alkyl halides is 3. The van der Waals surface area contributed by atoms with E-state index >= 15 is 0 Å². The molecule has 1 amide bonds. The molecule has 0 spiro atoms. The maximum atomic E-state index is 12.5. The number of carbonyl (C=O) groups is 1. The first-order valence-corrected chi connectivity index (χ1v) is 7.30. The lowest BCUT2D eigenvalue weighted by atomic mass is 9.94. The number of carbonyl (C=O) groups excluding carboxylic acids is 1. The van der Waals surface area contributed by atoms with Gasteiger partial charge in [-0.1, -0.05) is 19.1 Å². The Labute approximate surface area is 125 Å². The summed E-state index contributed by atoms with van der Waals surface area (Å²) in [6.45, 7) is 3.48. The first kappa shape index (κ1) is 17.8. The summed E-state index contributed by atoms with van der Waals surface area (Å²) in [7, 11) is 0. The van der Waals surface area contributed by atoms with Gasteiger partial charge in [-0.25, -0.2) is 0 Å². The van der Waals surface area contributed by atoms with Crippen molar-refractivity contribution in [3.63, 3.8) is 0 Å². The number of hydrogen-bond donors (Lipinski definition) is 2. The number of thioether (sulfide) groups is 1. The van der Waals surface area contributed by atoms with E-state index < -0.39 is 17.0 Å². The van der Waals surface area contributed by atoms with Gasteiger partial charge in [0, 0.05) is 17.0 Å². The Morgan fingerprint density at radius 1 is 1.33 bits per heavy atom. The average Bonchev–Trinajstić information content (AvgIpc) is 2.37. The first-order valence-electron chi connectivity index (χ1n) is 6.49. The second-order valence-electron chi connectivity index (χ2n) is 4.89. The van der Waals surface area contributed by atoms with Crippen LogP contribution in [0.2, 0.25) is 0 Å². The molecule has 0 radical (unpaired) electrons. The van der Waals surface area contributed by atoms with Crippen molar-refractivity contribution in [2.24, 2.45) is 0 Å². The van der Waals surface area contributed by atoms with Crippen LogP contribution in [0, 0.1) is 0 Å².